The van der Waals surface area contributed by atoms with E-state index in [0.717, 1.165) is 12.5 Å². The molecule has 0 aromatic heterocycles. The van der Waals surface area contributed by atoms with Crippen molar-refractivity contribution in [2.75, 3.05) is 0 Å². The molecule has 0 aliphatic carbocycles. The molecule has 0 spiro atoms. The van der Waals surface area contributed by atoms with Crippen molar-refractivity contribution in [3.8, 4) is 0 Å². The third kappa shape index (κ3) is 4.51. The summed E-state index contributed by atoms with van der Waals surface area (Å²) < 4.78 is 38.2. The van der Waals surface area contributed by atoms with Gasteiger partial charge in [0.1, 0.15) is 0 Å². The Labute approximate surface area is 103 Å². The van der Waals surface area contributed by atoms with E-state index in [4.69, 9.17) is 5.73 Å². The molecule has 0 saturated carbocycles. The van der Waals surface area contributed by atoms with E-state index in [0.29, 0.717) is 23.6 Å². The predicted octanol–water partition coefficient (Wildman–Crippen LogP) is 2.17. The summed E-state index contributed by atoms with van der Waals surface area (Å²) in [5.41, 5.74) is 5.35. The number of benzene rings is 1. The molecule has 0 aliphatic rings. The van der Waals surface area contributed by atoms with Crippen molar-refractivity contribution in [1.29, 1.82) is 0 Å². The first-order valence-electron chi connectivity index (χ1n) is 5.48. The molecule has 93 valence electrons. The van der Waals surface area contributed by atoms with Crippen molar-refractivity contribution in [3.63, 3.8) is 0 Å². The fraction of sp³-hybridized carbons (Fsp3) is 0.500. The van der Waals surface area contributed by atoms with Gasteiger partial charge in [-0.25, -0.2) is 0 Å². The second kappa shape index (κ2) is 5.69. The van der Waals surface area contributed by atoms with Crippen LogP contribution in [0, 0.1) is 0 Å². The second-order valence-corrected chi connectivity index (χ2v) is 4.82. The summed E-state index contributed by atoms with van der Waals surface area (Å²) in [5, 5.41) is 0.661. The molecule has 0 aliphatic heterocycles. The van der Waals surface area contributed by atoms with E-state index in [1.807, 2.05) is 6.92 Å². The van der Waals surface area contributed by atoms with Gasteiger partial charge in [0, 0.05) is 6.04 Å². The molecule has 0 bridgehead atoms. The minimum absolute atomic E-state index is 0.0241. The number of rotatable bonds is 4. The lowest BCUT2D eigenvalue weighted by molar-refractivity contribution is -0.138. The molecule has 17 heavy (non-hydrogen) atoms. The first-order chi connectivity index (χ1) is 7.80. The fourth-order valence-electron chi connectivity index (χ4n) is 1.69. The summed E-state index contributed by atoms with van der Waals surface area (Å²) in [5.74, 6) is 0. The van der Waals surface area contributed by atoms with Gasteiger partial charge in [-0.2, -0.15) is 13.2 Å². The zero-order valence-corrected chi connectivity index (χ0v) is 10.6. The molecule has 0 unspecified atom stereocenters. The van der Waals surface area contributed by atoms with Crippen molar-refractivity contribution in [2.24, 2.45) is 5.73 Å². The van der Waals surface area contributed by atoms with Crippen LogP contribution in [0.15, 0.2) is 18.2 Å². The zero-order chi connectivity index (χ0) is 13.1. The number of aryl methyl sites for hydroxylation is 1. The maximum Gasteiger partial charge on any atom is 0.416 e. The van der Waals surface area contributed by atoms with Crippen LogP contribution in [0.5, 0.6) is 0 Å². The van der Waals surface area contributed by atoms with Crippen molar-refractivity contribution in [1.82, 2.24) is 0 Å². The van der Waals surface area contributed by atoms with E-state index in [9.17, 15) is 13.2 Å². The average molecular weight is 258 g/mol. The lowest BCUT2D eigenvalue weighted by atomic mass is 10.0. The molecule has 1 aromatic rings. The summed E-state index contributed by atoms with van der Waals surface area (Å²) in [6.07, 6.45) is -2.50. The highest BCUT2D eigenvalue weighted by Crippen LogP contribution is 2.32. The maximum atomic E-state index is 12.7. The summed E-state index contributed by atoms with van der Waals surface area (Å²) >= 11 is 0. The van der Waals surface area contributed by atoms with Gasteiger partial charge in [0.05, 0.1) is 15.8 Å². The van der Waals surface area contributed by atoms with E-state index < -0.39 is 11.7 Å². The van der Waals surface area contributed by atoms with Gasteiger partial charge in [-0.15, -0.1) is 0 Å². The zero-order valence-electron chi connectivity index (χ0n) is 9.64. The molecule has 1 aromatic carbocycles. The fourth-order valence-corrected chi connectivity index (χ4v) is 1.95. The van der Waals surface area contributed by atoms with Crippen LogP contribution in [-0.2, 0) is 12.6 Å². The van der Waals surface area contributed by atoms with Crippen LogP contribution in [0.4, 0.5) is 13.2 Å². The smallest absolute Gasteiger partial charge is 0.328 e. The van der Waals surface area contributed by atoms with E-state index in [-0.39, 0.29) is 6.04 Å². The van der Waals surface area contributed by atoms with E-state index >= 15 is 0 Å². The van der Waals surface area contributed by atoms with Gasteiger partial charge in [-0.3, -0.25) is 0 Å². The highest BCUT2D eigenvalue weighted by molar-refractivity contribution is 6.32. The van der Waals surface area contributed by atoms with Crippen LogP contribution < -0.4 is 10.9 Å². The molecule has 0 fully saturated rings. The standard InChI is InChI=1S/C12H15F3NSi/c1-8(16)3-2-4-9-7-10(17)5-6-11(9)12(13,14)15/h5-8H,2-4,16H2,1H3/t8-/m0/s1. The Morgan fingerprint density at radius 3 is 2.53 bits per heavy atom. The van der Waals surface area contributed by atoms with Crippen molar-refractivity contribution in [2.45, 2.75) is 38.4 Å². The molecule has 1 rings (SSSR count). The van der Waals surface area contributed by atoms with Crippen LogP contribution in [0.1, 0.15) is 30.9 Å². The van der Waals surface area contributed by atoms with Crippen LogP contribution in [0.3, 0.4) is 0 Å². The third-order valence-corrected chi connectivity index (χ3v) is 2.83. The Morgan fingerprint density at radius 2 is 2.00 bits per heavy atom. The van der Waals surface area contributed by atoms with E-state index in [2.05, 4.69) is 10.2 Å². The molecule has 2 N–H and O–H groups in total. The Bertz CT molecular complexity index is 375. The highest BCUT2D eigenvalue weighted by atomic mass is 28.1. The highest BCUT2D eigenvalue weighted by Gasteiger charge is 2.32. The first-order valence-corrected chi connectivity index (χ1v) is 5.98. The van der Waals surface area contributed by atoms with Gasteiger partial charge in [-0.05, 0) is 37.8 Å². The quantitative estimate of drug-likeness (QED) is 0.823. The number of halogens is 3. The largest absolute Gasteiger partial charge is 0.416 e. The van der Waals surface area contributed by atoms with Crippen molar-refractivity contribution in [3.05, 3.63) is 29.3 Å². The third-order valence-electron chi connectivity index (χ3n) is 2.52. The number of alkyl halides is 3. The summed E-state index contributed by atoms with van der Waals surface area (Å²) in [4.78, 5) is 0. The molecule has 1 nitrogen and oxygen atoms in total. The molecule has 0 amide bonds. The number of hydrogen-bond donors (Lipinski definition) is 1. The molecule has 0 saturated heterocycles. The minimum Gasteiger partial charge on any atom is -0.328 e. The monoisotopic (exact) mass is 258 g/mol. The van der Waals surface area contributed by atoms with Gasteiger partial charge in [0.2, 0.25) is 0 Å². The number of hydrogen-bond acceptors (Lipinski definition) is 1. The van der Waals surface area contributed by atoms with Gasteiger partial charge in [0.15, 0.2) is 0 Å². The molecule has 3 radical (unpaired) electrons. The second-order valence-electron chi connectivity index (χ2n) is 4.24. The predicted molar refractivity (Wildman–Crippen MR) is 63.4 cm³/mol. The minimum atomic E-state index is -4.29. The summed E-state index contributed by atoms with van der Waals surface area (Å²) in [7, 11) is 3.24. The lowest BCUT2D eigenvalue weighted by Gasteiger charge is -2.14. The normalized spacial score (nSPS) is 13.8. The molecular weight excluding hydrogens is 243 g/mol. The van der Waals surface area contributed by atoms with Crippen molar-refractivity contribution >= 4 is 15.4 Å². The van der Waals surface area contributed by atoms with Gasteiger partial charge < -0.3 is 5.73 Å². The van der Waals surface area contributed by atoms with Crippen LogP contribution in [-0.4, -0.2) is 16.3 Å². The first kappa shape index (κ1) is 14.2. The summed E-state index contributed by atoms with van der Waals surface area (Å²) in [6, 6.07) is 4.08. The summed E-state index contributed by atoms with van der Waals surface area (Å²) in [6.45, 7) is 1.85. The van der Waals surface area contributed by atoms with Crippen LogP contribution in [0.25, 0.3) is 0 Å². The number of nitrogens with two attached hydrogens (primary N) is 1. The maximum absolute atomic E-state index is 12.7. The molecular formula is C12H15F3NSi. The van der Waals surface area contributed by atoms with Gasteiger partial charge >= 0.3 is 6.18 Å². The van der Waals surface area contributed by atoms with E-state index in [1.54, 1.807) is 0 Å². The average Bonchev–Trinajstić information content (AvgIpc) is 2.15. The Kier molecular flexibility index (Phi) is 4.77. The van der Waals surface area contributed by atoms with E-state index in [1.165, 1.54) is 12.1 Å². The molecule has 5 heteroatoms. The Balaban J connectivity index is 2.84. The van der Waals surface area contributed by atoms with Crippen molar-refractivity contribution < 1.29 is 13.2 Å². The molecule has 0 heterocycles. The SMILES string of the molecule is C[C@H](N)CCCc1cc([Si])ccc1C(F)(F)F. The lowest BCUT2D eigenvalue weighted by Crippen LogP contribution is -2.16. The van der Waals surface area contributed by atoms with Crippen LogP contribution in [0.2, 0.25) is 0 Å². The topological polar surface area (TPSA) is 26.0 Å². The molecule has 1 atom stereocenters. The Morgan fingerprint density at radius 1 is 1.35 bits per heavy atom. The van der Waals surface area contributed by atoms with Gasteiger partial charge in [-0.1, -0.05) is 17.3 Å². The Hall–Kier alpha value is -0.813. The van der Waals surface area contributed by atoms with Gasteiger partial charge in [0.25, 0.3) is 0 Å². The van der Waals surface area contributed by atoms with Crippen LogP contribution >= 0.6 is 0 Å².